The quantitative estimate of drug-likeness (QED) is 0.765. The van der Waals surface area contributed by atoms with E-state index in [0.29, 0.717) is 11.5 Å². The second kappa shape index (κ2) is 6.35. The number of aliphatic hydroxyl groups is 2. The minimum atomic E-state index is -0.868. The van der Waals surface area contributed by atoms with Crippen molar-refractivity contribution in [2.45, 2.75) is 26.1 Å². The number of rotatable bonds is 6. The molecule has 0 aliphatic carbocycles. The zero-order chi connectivity index (χ0) is 12.0. The van der Waals surface area contributed by atoms with E-state index < -0.39 is 6.10 Å². The molecular weight excluding hydrogens is 208 g/mol. The zero-order valence-electron chi connectivity index (χ0n) is 9.59. The molecule has 1 atom stereocenters. The summed E-state index contributed by atoms with van der Waals surface area (Å²) >= 11 is 0. The first-order valence-electron chi connectivity index (χ1n) is 5.31. The number of ether oxygens (including phenoxy) is 2. The van der Waals surface area contributed by atoms with E-state index in [0.717, 1.165) is 0 Å². The van der Waals surface area contributed by atoms with Gasteiger partial charge in [0, 0.05) is 0 Å². The molecule has 0 radical (unpaired) electrons. The SMILES string of the molecule is CC(C)Oc1ccccc1OC[C@H](O)CO. The van der Waals surface area contributed by atoms with E-state index >= 15 is 0 Å². The second-order valence-electron chi connectivity index (χ2n) is 3.76. The molecule has 0 heterocycles. The van der Waals surface area contributed by atoms with Crippen LogP contribution in [0.3, 0.4) is 0 Å². The van der Waals surface area contributed by atoms with Crippen LogP contribution in [0, 0.1) is 0 Å². The Balaban J connectivity index is 2.63. The smallest absolute Gasteiger partial charge is 0.161 e. The van der Waals surface area contributed by atoms with Gasteiger partial charge in [-0.1, -0.05) is 12.1 Å². The molecule has 2 N–H and O–H groups in total. The van der Waals surface area contributed by atoms with E-state index in [4.69, 9.17) is 14.6 Å². The minimum absolute atomic E-state index is 0.0506. The van der Waals surface area contributed by atoms with Crippen molar-refractivity contribution in [3.63, 3.8) is 0 Å². The molecular formula is C12H18O4. The van der Waals surface area contributed by atoms with Crippen LogP contribution >= 0.6 is 0 Å². The van der Waals surface area contributed by atoms with Crippen molar-refractivity contribution in [3.8, 4) is 11.5 Å². The molecule has 0 unspecified atom stereocenters. The first-order valence-corrected chi connectivity index (χ1v) is 5.31. The first-order chi connectivity index (χ1) is 7.63. The van der Waals surface area contributed by atoms with E-state index in [1.165, 1.54) is 0 Å². The lowest BCUT2D eigenvalue weighted by Gasteiger charge is -2.15. The Morgan fingerprint density at radius 1 is 1.19 bits per heavy atom. The largest absolute Gasteiger partial charge is 0.487 e. The van der Waals surface area contributed by atoms with Crippen molar-refractivity contribution < 1.29 is 19.7 Å². The summed E-state index contributed by atoms with van der Waals surface area (Å²) in [5.74, 6) is 1.21. The molecule has 90 valence electrons. The van der Waals surface area contributed by atoms with Gasteiger partial charge in [-0.05, 0) is 26.0 Å². The predicted octanol–water partition coefficient (Wildman–Crippen LogP) is 1.21. The van der Waals surface area contributed by atoms with Crippen LogP contribution in [0.25, 0.3) is 0 Å². The lowest BCUT2D eigenvalue weighted by atomic mass is 10.3. The first kappa shape index (κ1) is 12.8. The fraction of sp³-hybridized carbons (Fsp3) is 0.500. The molecule has 0 saturated carbocycles. The molecule has 0 fully saturated rings. The Morgan fingerprint density at radius 2 is 1.81 bits per heavy atom. The van der Waals surface area contributed by atoms with Crippen molar-refractivity contribution in [1.82, 2.24) is 0 Å². The van der Waals surface area contributed by atoms with Crippen LogP contribution in [-0.4, -0.2) is 35.6 Å². The fourth-order valence-corrected chi connectivity index (χ4v) is 1.16. The predicted molar refractivity (Wildman–Crippen MR) is 60.8 cm³/mol. The maximum Gasteiger partial charge on any atom is 0.161 e. The van der Waals surface area contributed by atoms with E-state index in [-0.39, 0.29) is 19.3 Å². The summed E-state index contributed by atoms with van der Waals surface area (Å²) in [5, 5.41) is 17.8. The summed E-state index contributed by atoms with van der Waals surface area (Å²) in [4.78, 5) is 0. The van der Waals surface area contributed by atoms with Gasteiger partial charge in [-0.3, -0.25) is 0 Å². The summed E-state index contributed by atoms with van der Waals surface area (Å²) in [6, 6.07) is 7.25. The van der Waals surface area contributed by atoms with Gasteiger partial charge in [0.1, 0.15) is 12.7 Å². The summed E-state index contributed by atoms with van der Waals surface area (Å²) in [5.41, 5.74) is 0. The van der Waals surface area contributed by atoms with Gasteiger partial charge in [0.25, 0.3) is 0 Å². The zero-order valence-corrected chi connectivity index (χ0v) is 9.59. The number of para-hydroxylation sites is 2. The molecule has 1 aromatic rings. The monoisotopic (exact) mass is 226 g/mol. The maximum atomic E-state index is 9.18. The Labute approximate surface area is 95.4 Å². The molecule has 4 nitrogen and oxygen atoms in total. The third-order valence-electron chi connectivity index (χ3n) is 1.85. The Kier molecular flexibility index (Phi) is 5.08. The van der Waals surface area contributed by atoms with Gasteiger partial charge in [-0.15, -0.1) is 0 Å². The van der Waals surface area contributed by atoms with Crippen molar-refractivity contribution in [2.75, 3.05) is 13.2 Å². The van der Waals surface area contributed by atoms with Gasteiger partial charge in [0.15, 0.2) is 11.5 Å². The maximum absolute atomic E-state index is 9.18. The second-order valence-corrected chi connectivity index (χ2v) is 3.76. The van der Waals surface area contributed by atoms with Crippen LogP contribution < -0.4 is 9.47 Å². The third kappa shape index (κ3) is 4.08. The van der Waals surface area contributed by atoms with Crippen LogP contribution in [0.15, 0.2) is 24.3 Å². The summed E-state index contributed by atoms with van der Waals surface area (Å²) < 4.78 is 10.9. The van der Waals surface area contributed by atoms with Gasteiger partial charge >= 0.3 is 0 Å². The Morgan fingerprint density at radius 3 is 2.38 bits per heavy atom. The van der Waals surface area contributed by atoms with Crippen molar-refractivity contribution in [2.24, 2.45) is 0 Å². The fourth-order valence-electron chi connectivity index (χ4n) is 1.16. The topological polar surface area (TPSA) is 58.9 Å². The highest BCUT2D eigenvalue weighted by atomic mass is 16.5. The highest BCUT2D eigenvalue weighted by Crippen LogP contribution is 2.27. The van der Waals surface area contributed by atoms with E-state index in [2.05, 4.69) is 0 Å². The molecule has 0 saturated heterocycles. The average molecular weight is 226 g/mol. The van der Waals surface area contributed by atoms with Gasteiger partial charge in [-0.2, -0.15) is 0 Å². The summed E-state index contributed by atoms with van der Waals surface area (Å²) in [6.45, 7) is 3.60. The summed E-state index contributed by atoms with van der Waals surface area (Å²) in [7, 11) is 0. The van der Waals surface area contributed by atoms with E-state index in [1.54, 1.807) is 12.1 Å². The molecule has 0 amide bonds. The van der Waals surface area contributed by atoms with E-state index in [1.807, 2.05) is 26.0 Å². The van der Waals surface area contributed by atoms with Gasteiger partial charge in [0.05, 0.1) is 12.7 Å². The minimum Gasteiger partial charge on any atom is -0.487 e. The van der Waals surface area contributed by atoms with Crippen LogP contribution in [0.2, 0.25) is 0 Å². The van der Waals surface area contributed by atoms with Crippen molar-refractivity contribution >= 4 is 0 Å². The normalized spacial score (nSPS) is 12.6. The third-order valence-corrected chi connectivity index (χ3v) is 1.85. The number of hydrogen-bond acceptors (Lipinski definition) is 4. The number of aliphatic hydroxyl groups excluding tert-OH is 2. The van der Waals surface area contributed by atoms with E-state index in [9.17, 15) is 5.11 Å². The lowest BCUT2D eigenvalue weighted by Crippen LogP contribution is -2.21. The standard InChI is InChI=1S/C12H18O4/c1-9(2)16-12-6-4-3-5-11(12)15-8-10(14)7-13/h3-6,9-10,13-14H,7-8H2,1-2H3/t10-/m1/s1. The average Bonchev–Trinajstić information content (AvgIpc) is 2.26. The highest BCUT2D eigenvalue weighted by Gasteiger charge is 2.08. The van der Waals surface area contributed by atoms with Gasteiger partial charge in [0.2, 0.25) is 0 Å². The molecule has 0 spiro atoms. The van der Waals surface area contributed by atoms with Crippen molar-refractivity contribution in [1.29, 1.82) is 0 Å². The van der Waals surface area contributed by atoms with Crippen LogP contribution in [0.1, 0.15) is 13.8 Å². The molecule has 16 heavy (non-hydrogen) atoms. The number of benzene rings is 1. The van der Waals surface area contributed by atoms with Crippen molar-refractivity contribution in [3.05, 3.63) is 24.3 Å². The lowest BCUT2D eigenvalue weighted by molar-refractivity contribution is 0.0520. The molecule has 0 aromatic heterocycles. The molecule has 1 rings (SSSR count). The number of hydrogen-bond donors (Lipinski definition) is 2. The Hall–Kier alpha value is -1.26. The molecule has 0 aliphatic rings. The van der Waals surface area contributed by atoms with Crippen LogP contribution in [0.5, 0.6) is 11.5 Å². The molecule has 4 heteroatoms. The van der Waals surface area contributed by atoms with Crippen LogP contribution in [0.4, 0.5) is 0 Å². The molecule has 0 aliphatic heterocycles. The molecule has 1 aromatic carbocycles. The Bertz CT molecular complexity index is 312. The summed E-state index contributed by atoms with van der Waals surface area (Å²) in [6.07, 6.45) is -0.806. The van der Waals surface area contributed by atoms with Gasteiger partial charge < -0.3 is 19.7 Å². The molecule has 0 bridgehead atoms. The van der Waals surface area contributed by atoms with Gasteiger partial charge in [-0.25, -0.2) is 0 Å². The van der Waals surface area contributed by atoms with Crippen LogP contribution in [-0.2, 0) is 0 Å². The highest BCUT2D eigenvalue weighted by molar-refractivity contribution is 5.39.